The number of carbonyl (C=O) groups is 1. The molecule has 0 radical (unpaired) electrons. The normalized spacial score (nSPS) is 17.1. The first-order chi connectivity index (χ1) is 14.1. The number of aromatic nitrogens is 1. The number of hydrogen-bond acceptors (Lipinski definition) is 5. The van der Waals surface area contributed by atoms with E-state index in [-0.39, 0.29) is 23.0 Å². The molecule has 0 bridgehead atoms. The molecule has 4 aromatic rings. The van der Waals surface area contributed by atoms with Crippen LogP contribution in [0.5, 0.6) is 0 Å². The molecule has 3 heterocycles. The molecule has 0 saturated carbocycles. The third-order valence-electron chi connectivity index (χ3n) is 5.46. The average Bonchev–Trinajstić information content (AvgIpc) is 3.18. The number of piperidine rings is 1. The summed E-state index contributed by atoms with van der Waals surface area (Å²) in [5, 5.41) is 1.58. The van der Waals surface area contributed by atoms with Crippen LogP contribution in [0.1, 0.15) is 39.9 Å². The third-order valence-corrected chi connectivity index (χ3v) is 6.66. The van der Waals surface area contributed by atoms with Crippen molar-refractivity contribution in [2.75, 3.05) is 13.1 Å². The van der Waals surface area contributed by atoms with Crippen molar-refractivity contribution < 1.29 is 9.21 Å². The predicted molar refractivity (Wildman–Crippen MR) is 115 cm³/mol. The molecule has 1 atom stereocenters. The second-order valence-corrected chi connectivity index (χ2v) is 8.65. The molecule has 0 spiro atoms. The van der Waals surface area contributed by atoms with Crippen LogP contribution in [0, 0.1) is 6.92 Å². The fourth-order valence-corrected chi connectivity index (χ4v) is 5.05. The van der Waals surface area contributed by atoms with Gasteiger partial charge >= 0.3 is 0 Å². The van der Waals surface area contributed by atoms with Gasteiger partial charge in [0, 0.05) is 25.1 Å². The van der Waals surface area contributed by atoms with Crippen LogP contribution >= 0.6 is 11.3 Å². The van der Waals surface area contributed by atoms with E-state index < -0.39 is 0 Å². The highest BCUT2D eigenvalue weighted by Crippen LogP contribution is 2.33. The first-order valence-electron chi connectivity index (χ1n) is 9.78. The number of amides is 1. The Hall–Kier alpha value is -2.99. The number of thiazole rings is 1. The monoisotopic (exact) mass is 404 g/mol. The summed E-state index contributed by atoms with van der Waals surface area (Å²) >= 11 is 1.70. The Kier molecular flexibility index (Phi) is 4.43. The van der Waals surface area contributed by atoms with Crippen LogP contribution in [0.3, 0.4) is 0 Å². The average molecular weight is 404 g/mol. The highest BCUT2D eigenvalue weighted by Gasteiger charge is 2.29. The van der Waals surface area contributed by atoms with E-state index >= 15 is 0 Å². The van der Waals surface area contributed by atoms with Crippen molar-refractivity contribution in [2.24, 2.45) is 0 Å². The fourth-order valence-electron chi connectivity index (χ4n) is 3.96. The van der Waals surface area contributed by atoms with Crippen LogP contribution in [-0.4, -0.2) is 28.9 Å². The summed E-state index contributed by atoms with van der Waals surface area (Å²) in [6, 6.07) is 14.9. The number of aryl methyl sites for hydroxylation is 1. The molecule has 146 valence electrons. The molecule has 1 aliphatic rings. The summed E-state index contributed by atoms with van der Waals surface area (Å²) in [5.74, 6) is 0.0895. The van der Waals surface area contributed by atoms with Gasteiger partial charge in [-0.15, -0.1) is 11.3 Å². The van der Waals surface area contributed by atoms with Gasteiger partial charge in [-0.25, -0.2) is 4.98 Å². The van der Waals surface area contributed by atoms with E-state index in [1.54, 1.807) is 28.4 Å². The van der Waals surface area contributed by atoms with Gasteiger partial charge in [0.25, 0.3) is 5.91 Å². The molecule has 1 amide bonds. The Labute approximate surface area is 171 Å². The molecule has 29 heavy (non-hydrogen) atoms. The summed E-state index contributed by atoms with van der Waals surface area (Å²) in [7, 11) is 0. The van der Waals surface area contributed by atoms with E-state index in [0.717, 1.165) is 28.9 Å². The highest BCUT2D eigenvalue weighted by molar-refractivity contribution is 7.18. The van der Waals surface area contributed by atoms with Gasteiger partial charge in [-0.1, -0.05) is 23.8 Å². The highest BCUT2D eigenvalue weighted by atomic mass is 32.1. The van der Waals surface area contributed by atoms with Crippen molar-refractivity contribution >= 4 is 38.4 Å². The Balaban J connectivity index is 1.43. The van der Waals surface area contributed by atoms with Gasteiger partial charge in [0.1, 0.15) is 5.58 Å². The molecule has 0 unspecified atom stereocenters. The number of rotatable bonds is 2. The second kappa shape index (κ2) is 7.12. The lowest BCUT2D eigenvalue weighted by molar-refractivity contribution is 0.0675. The second-order valence-electron chi connectivity index (χ2n) is 7.58. The molecule has 0 N–H and O–H groups in total. The van der Waals surface area contributed by atoms with Gasteiger partial charge in [0.15, 0.2) is 11.2 Å². The first kappa shape index (κ1) is 18.1. The number of likely N-dealkylation sites (tertiary alicyclic amines) is 1. The van der Waals surface area contributed by atoms with Crippen LogP contribution in [0.4, 0.5) is 0 Å². The van der Waals surface area contributed by atoms with E-state index in [0.29, 0.717) is 24.1 Å². The summed E-state index contributed by atoms with van der Waals surface area (Å²) in [6.07, 6.45) is 1.91. The number of fused-ring (bicyclic) bond motifs is 2. The van der Waals surface area contributed by atoms with Crippen molar-refractivity contribution in [1.29, 1.82) is 0 Å². The number of carbonyl (C=O) groups excluding carboxylic acids is 1. The molecule has 2 aromatic heterocycles. The summed E-state index contributed by atoms with van der Waals surface area (Å²) in [5.41, 5.74) is 2.26. The summed E-state index contributed by atoms with van der Waals surface area (Å²) in [4.78, 5) is 32.1. The Morgan fingerprint density at radius 2 is 2.07 bits per heavy atom. The molecule has 0 aliphatic carbocycles. The molecular formula is C23H20N2O3S. The minimum Gasteiger partial charge on any atom is -0.451 e. The van der Waals surface area contributed by atoms with Crippen LogP contribution < -0.4 is 5.43 Å². The van der Waals surface area contributed by atoms with Crippen molar-refractivity contribution in [3.63, 3.8) is 0 Å². The maximum absolute atomic E-state index is 13.1. The number of benzene rings is 2. The quantitative estimate of drug-likeness (QED) is 0.484. The largest absolute Gasteiger partial charge is 0.451 e. The lowest BCUT2D eigenvalue weighted by Gasteiger charge is -2.31. The van der Waals surface area contributed by atoms with Gasteiger partial charge in [-0.05, 0) is 44.0 Å². The zero-order chi connectivity index (χ0) is 20.0. The Morgan fingerprint density at radius 3 is 2.93 bits per heavy atom. The van der Waals surface area contributed by atoms with Crippen molar-refractivity contribution in [3.8, 4) is 0 Å². The zero-order valence-electron chi connectivity index (χ0n) is 16.1. The van der Waals surface area contributed by atoms with Gasteiger partial charge < -0.3 is 9.32 Å². The van der Waals surface area contributed by atoms with E-state index in [1.807, 2.05) is 31.2 Å². The standard InChI is InChI=1S/C23H20N2O3S/c1-14-8-9-19-16(11-14)18(26)12-20(28-19)23(27)25-10-4-5-15(13-25)22-24-17-6-2-3-7-21(17)29-22/h2-3,6-9,11-12,15H,4-5,10,13H2,1H3/t15-/m0/s1. The fraction of sp³-hybridized carbons (Fsp3) is 0.261. The molecule has 1 aliphatic heterocycles. The Morgan fingerprint density at radius 1 is 1.21 bits per heavy atom. The maximum Gasteiger partial charge on any atom is 0.289 e. The number of nitrogens with zero attached hydrogens (tertiary/aromatic N) is 2. The van der Waals surface area contributed by atoms with Gasteiger partial charge in [-0.2, -0.15) is 0 Å². The van der Waals surface area contributed by atoms with Crippen molar-refractivity contribution in [1.82, 2.24) is 9.88 Å². The zero-order valence-corrected chi connectivity index (χ0v) is 16.9. The van der Waals surface area contributed by atoms with Gasteiger partial charge in [0.05, 0.1) is 20.6 Å². The van der Waals surface area contributed by atoms with E-state index in [1.165, 1.54) is 10.8 Å². The minimum atomic E-state index is -0.226. The minimum absolute atomic E-state index is 0.108. The molecule has 5 nitrogen and oxygen atoms in total. The van der Waals surface area contributed by atoms with Gasteiger partial charge in [-0.3, -0.25) is 9.59 Å². The predicted octanol–water partition coefficient (Wildman–Crippen LogP) is 4.73. The van der Waals surface area contributed by atoms with E-state index in [9.17, 15) is 9.59 Å². The van der Waals surface area contributed by atoms with Crippen LogP contribution in [0.25, 0.3) is 21.2 Å². The van der Waals surface area contributed by atoms with Crippen molar-refractivity contribution in [2.45, 2.75) is 25.7 Å². The maximum atomic E-state index is 13.1. The van der Waals surface area contributed by atoms with E-state index in [2.05, 4.69) is 6.07 Å². The topological polar surface area (TPSA) is 63.4 Å². The molecule has 1 fully saturated rings. The number of para-hydroxylation sites is 1. The van der Waals surface area contributed by atoms with Crippen LogP contribution in [-0.2, 0) is 0 Å². The molecule has 6 heteroatoms. The summed E-state index contributed by atoms with van der Waals surface area (Å²) in [6.45, 7) is 3.18. The van der Waals surface area contributed by atoms with Gasteiger partial charge in [0.2, 0.25) is 0 Å². The Bertz CT molecular complexity index is 1260. The SMILES string of the molecule is Cc1ccc2oc(C(=O)N3CCC[C@H](c4nc5ccccc5s4)C3)cc(=O)c2c1. The first-order valence-corrected chi connectivity index (χ1v) is 10.6. The number of hydrogen-bond donors (Lipinski definition) is 0. The van der Waals surface area contributed by atoms with Crippen LogP contribution in [0.2, 0.25) is 0 Å². The van der Waals surface area contributed by atoms with Crippen molar-refractivity contribution in [3.05, 3.63) is 75.1 Å². The molecule has 1 saturated heterocycles. The van der Waals surface area contributed by atoms with Crippen LogP contribution in [0.15, 0.2) is 57.7 Å². The molecular weight excluding hydrogens is 384 g/mol. The van der Waals surface area contributed by atoms with E-state index in [4.69, 9.17) is 9.40 Å². The third kappa shape index (κ3) is 3.34. The smallest absolute Gasteiger partial charge is 0.289 e. The molecule has 2 aromatic carbocycles. The lowest BCUT2D eigenvalue weighted by Crippen LogP contribution is -2.39. The lowest BCUT2D eigenvalue weighted by atomic mass is 9.98. The summed E-state index contributed by atoms with van der Waals surface area (Å²) < 4.78 is 6.97. The molecule has 5 rings (SSSR count).